The molecule has 4 atom stereocenters. The van der Waals surface area contributed by atoms with Crippen LogP contribution in [-0.4, -0.2) is 85.6 Å². The Kier molecular flexibility index (Phi) is 11.1. The van der Waals surface area contributed by atoms with Gasteiger partial charge in [0, 0.05) is 53.6 Å². The number of nitro groups is 1. The number of fused-ring (bicyclic) bond motifs is 2. The summed E-state index contributed by atoms with van der Waals surface area (Å²) in [7, 11) is -3.68. The summed E-state index contributed by atoms with van der Waals surface area (Å²) in [5.74, 6) is -1.58. The van der Waals surface area contributed by atoms with Crippen molar-refractivity contribution in [2.45, 2.75) is 75.2 Å². The SMILES string of the molecule is C[C@@H]1[C@@H]([Si](C)(C)F)[C@H](CC(=O)N(CCO)Cc2ccccc2)O[C@@]12C(=O)N(Cc1ccc(N3CN(c4ccccc4)C4(CCNCC4)C3=O)cc1)c1ccc([N+](=O)[O-])cc12. The number of amides is 3. The molecule has 3 fully saturated rings. The van der Waals surface area contributed by atoms with E-state index in [-0.39, 0.29) is 55.7 Å². The van der Waals surface area contributed by atoms with Crippen LogP contribution in [0.1, 0.15) is 42.9 Å². The van der Waals surface area contributed by atoms with Gasteiger partial charge in [-0.15, -0.1) is 0 Å². The molecule has 0 aliphatic carbocycles. The van der Waals surface area contributed by atoms with Crippen LogP contribution in [0.5, 0.6) is 0 Å². The fraction of sp³-hybridized carbons (Fsp3) is 0.400. The minimum absolute atomic E-state index is 0.0432. The third kappa shape index (κ3) is 7.16. The van der Waals surface area contributed by atoms with Crippen molar-refractivity contribution in [2.75, 3.05) is 47.6 Å². The van der Waals surface area contributed by atoms with Crippen LogP contribution in [-0.2, 0) is 37.8 Å². The minimum atomic E-state index is -3.68. The largest absolute Gasteiger partial charge is 0.395 e. The lowest BCUT2D eigenvalue weighted by molar-refractivity contribution is -0.385. The number of hydrogen-bond donors (Lipinski definition) is 2. The Morgan fingerprint density at radius 3 is 2.25 bits per heavy atom. The van der Waals surface area contributed by atoms with Crippen molar-refractivity contribution in [3.8, 4) is 0 Å². The summed E-state index contributed by atoms with van der Waals surface area (Å²) >= 11 is 0. The molecule has 2 spiro atoms. The number of rotatable bonds is 12. The highest BCUT2D eigenvalue weighted by atomic mass is 28.4. The van der Waals surface area contributed by atoms with Gasteiger partial charge in [-0.1, -0.05) is 67.6 Å². The van der Waals surface area contributed by atoms with Crippen molar-refractivity contribution in [2.24, 2.45) is 5.92 Å². The highest BCUT2D eigenvalue weighted by Crippen LogP contribution is 2.61. The van der Waals surface area contributed by atoms with E-state index >= 15 is 8.90 Å². The van der Waals surface area contributed by atoms with Crippen LogP contribution >= 0.6 is 0 Å². The lowest BCUT2D eigenvalue weighted by atomic mass is 9.82. The smallest absolute Gasteiger partial charge is 0.269 e. The van der Waals surface area contributed by atoms with E-state index in [4.69, 9.17) is 4.74 Å². The van der Waals surface area contributed by atoms with Crippen LogP contribution in [0.2, 0.25) is 18.6 Å². The van der Waals surface area contributed by atoms with Gasteiger partial charge in [-0.25, -0.2) is 0 Å². The van der Waals surface area contributed by atoms with Crippen LogP contribution in [0.3, 0.4) is 0 Å². The number of carbonyl (C=O) groups is 3. The first-order chi connectivity index (χ1) is 28.8. The number of benzene rings is 4. The third-order valence-corrected chi connectivity index (χ3v) is 15.5. The van der Waals surface area contributed by atoms with Crippen LogP contribution in [0.4, 0.5) is 26.9 Å². The molecule has 15 heteroatoms. The number of nitrogens with zero attached hydrogens (tertiary/aromatic N) is 5. The first kappa shape index (κ1) is 41.3. The molecule has 2 N–H and O–H groups in total. The number of para-hydroxylation sites is 1. The summed E-state index contributed by atoms with van der Waals surface area (Å²) < 4.78 is 23.4. The van der Waals surface area contributed by atoms with Gasteiger partial charge in [0.25, 0.3) is 17.5 Å². The van der Waals surface area contributed by atoms with Gasteiger partial charge in [0.2, 0.25) is 14.3 Å². The molecule has 0 bridgehead atoms. The number of halogens is 1. The minimum Gasteiger partial charge on any atom is -0.395 e. The Balaban J connectivity index is 1.09. The Bertz CT molecular complexity index is 2260. The molecule has 4 aromatic rings. The quantitative estimate of drug-likeness (QED) is 0.0731. The first-order valence-corrected chi connectivity index (χ1v) is 23.6. The molecular formula is C45H51FN6O7Si. The number of aliphatic hydroxyl groups is 1. The summed E-state index contributed by atoms with van der Waals surface area (Å²) in [6, 6.07) is 31.0. The van der Waals surface area contributed by atoms with Crippen LogP contribution < -0.4 is 20.0 Å². The van der Waals surface area contributed by atoms with Crippen LogP contribution in [0, 0.1) is 16.0 Å². The fourth-order valence-electron chi connectivity index (χ4n) is 10.2. The van der Waals surface area contributed by atoms with Crippen molar-refractivity contribution >= 4 is 48.9 Å². The molecule has 8 rings (SSSR count). The number of nitro benzene ring substituents is 1. The zero-order valence-corrected chi connectivity index (χ0v) is 35.1. The van der Waals surface area contributed by atoms with E-state index < -0.39 is 47.9 Å². The van der Waals surface area contributed by atoms with E-state index in [1.165, 1.54) is 35.0 Å². The molecule has 314 valence electrons. The Morgan fingerprint density at radius 1 is 0.950 bits per heavy atom. The zero-order valence-electron chi connectivity index (χ0n) is 34.1. The zero-order chi connectivity index (χ0) is 42.4. The van der Waals surface area contributed by atoms with Gasteiger partial charge < -0.3 is 34.0 Å². The van der Waals surface area contributed by atoms with Crippen LogP contribution in [0.25, 0.3) is 0 Å². The number of hydrogen-bond acceptors (Lipinski definition) is 9. The molecular weight excluding hydrogens is 784 g/mol. The van der Waals surface area contributed by atoms with Crippen molar-refractivity contribution in [3.63, 3.8) is 0 Å². The number of piperidine rings is 1. The predicted octanol–water partition coefficient (Wildman–Crippen LogP) is 6.26. The maximum absolute atomic E-state index is 16.6. The molecule has 4 heterocycles. The molecule has 13 nitrogen and oxygen atoms in total. The molecule has 3 amide bonds. The van der Waals surface area contributed by atoms with Gasteiger partial charge in [-0.05, 0) is 80.5 Å². The lowest BCUT2D eigenvalue weighted by Crippen LogP contribution is -2.55. The van der Waals surface area contributed by atoms with E-state index in [1.54, 1.807) is 13.0 Å². The van der Waals surface area contributed by atoms with E-state index in [1.807, 2.05) is 89.8 Å². The average molecular weight is 835 g/mol. The number of anilines is 3. The second kappa shape index (κ2) is 16.2. The van der Waals surface area contributed by atoms with Crippen molar-refractivity contribution in [1.29, 1.82) is 0 Å². The fourth-order valence-corrected chi connectivity index (χ4v) is 12.6. The van der Waals surface area contributed by atoms with Gasteiger partial charge in [0.05, 0.1) is 43.0 Å². The maximum atomic E-state index is 16.6. The Labute approximate surface area is 350 Å². The second-order valence-electron chi connectivity index (χ2n) is 16.9. The predicted molar refractivity (Wildman–Crippen MR) is 228 cm³/mol. The van der Waals surface area contributed by atoms with Gasteiger partial charge in [-0.2, -0.15) is 0 Å². The normalized spacial score (nSPS) is 23.5. The molecule has 0 radical (unpaired) electrons. The molecule has 60 heavy (non-hydrogen) atoms. The van der Waals surface area contributed by atoms with E-state index in [0.29, 0.717) is 25.2 Å². The summed E-state index contributed by atoms with van der Waals surface area (Å²) in [4.78, 5) is 62.0. The summed E-state index contributed by atoms with van der Waals surface area (Å²) in [5, 5.41) is 25.4. The maximum Gasteiger partial charge on any atom is 0.269 e. The lowest BCUT2D eigenvalue weighted by Gasteiger charge is -2.39. The number of nitrogens with one attached hydrogen (secondary N) is 1. The standard InChI is InChI=1S/C45H51FN6O7Si/c1-31-41(60(2,3)46)39(27-40(54)48(24-25-53)28-32-10-6-4-7-11-32)59-45(31)37-26-36(52(57)58)18-19-38(37)49(43(45)56)29-33-14-16-34(17-15-33)50-30-51(35-12-8-5-9-13-35)44(42(50)55)20-22-47-23-21-44/h4-19,26,31,39,41,47,53H,20-25,27-30H2,1-3H3/t31-,39+,41-,45+/m1/s1. The highest BCUT2D eigenvalue weighted by molar-refractivity contribution is 6.72. The average Bonchev–Trinajstić information content (AvgIpc) is 3.78. The van der Waals surface area contributed by atoms with Gasteiger partial charge in [0.1, 0.15) is 5.54 Å². The topological polar surface area (TPSA) is 149 Å². The van der Waals surface area contributed by atoms with Gasteiger partial charge >= 0.3 is 0 Å². The van der Waals surface area contributed by atoms with Gasteiger partial charge in [-0.3, -0.25) is 29.4 Å². The molecule has 0 saturated carbocycles. The second-order valence-corrected chi connectivity index (χ2v) is 20.7. The van der Waals surface area contributed by atoms with Crippen molar-refractivity contribution in [1.82, 2.24) is 10.2 Å². The summed E-state index contributed by atoms with van der Waals surface area (Å²) in [6.07, 6.45) is 0.109. The number of ether oxygens (including phenoxy) is 1. The van der Waals surface area contributed by atoms with Crippen LogP contribution in [0.15, 0.2) is 103 Å². The van der Waals surface area contributed by atoms with E-state index in [9.17, 15) is 24.8 Å². The molecule has 0 unspecified atom stereocenters. The Hall–Kier alpha value is -5.48. The monoisotopic (exact) mass is 834 g/mol. The molecule has 4 aliphatic heterocycles. The summed E-state index contributed by atoms with van der Waals surface area (Å²) in [6.45, 7) is 6.76. The molecule has 0 aromatic heterocycles. The number of aliphatic hydroxyl groups excluding tert-OH is 1. The van der Waals surface area contributed by atoms with Crippen molar-refractivity contribution < 1.29 is 33.3 Å². The number of carbonyl (C=O) groups excluding carboxylic acids is 3. The van der Waals surface area contributed by atoms with Crippen molar-refractivity contribution in [3.05, 3.63) is 130 Å². The van der Waals surface area contributed by atoms with E-state index in [2.05, 4.69) is 10.2 Å². The highest BCUT2D eigenvalue weighted by Gasteiger charge is 2.67. The molecule has 3 saturated heterocycles. The molecule has 4 aliphatic rings. The molecule has 4 aromatic carbocycles. The van der Waals surface area contributed by atoms with Gasteiger partial charge in [0.15, 0.2) is 5.60 Å². The Morgan fingerprint density at radius 2 is 1.62 bits per heavy atom. The number of non-ortho nitro benzene ring substituents is 1. The summed E-state index contributed by atoms with van der Waals surface area (Å²) in [5.41, 5.74) is 0.485. The third-order valence-electron chi connectivity index (χ3n) is 13.0. The van der Waals surface area contributed by atoms with E-state index in [0.717, 1.165) is 35.6 Å². The first-order valence-electron chi connectivity index (χ1n) is 20.6.